The van der Waals surface area contributed by atoms with E-state index >= 15 is 0 Å². The summed E-state index contributed by atoms with van der Waals surface area (Å²) in [6, 6.07) is 5.66. The summed E-state index contributed by atoms with van der Waals surface area (Å²) in [5.74, 6) is 1.32. The molecule has 16 heavy (non-hydrogen) atoms. The number of hydrogen-bond donors (Lipinski definition) is 0. The molecule has 0 spiro atoms. The minimum absolute atomic E-state index is 0.199. The zero-order valence-corrected chi connectivity index (χ0v) is 10.3. The van der Waals surface area contributed by atoms with E-state index in [1.165, 1.54) is 0 Å². The number of ether oxygens (including phenoxy) is 1. The standard InChI is InChI=1S/C14H18O2/c1-9-7-10(5-6-12(9)16-4)13(15)11-8-14(11,2)3/h5-7,11H,8H2,1-4H3. The Morgan fingerprint density at radius 2 is 2.06 bits per heavy atom. The first-order valence-corrected chi connectivity index (χ1v) is 5.64. The van der Waals surface area contributed by atoms with Crippen LogP contribution >= 0.6 is 0 Å². The predicted octanol–water partition coefficient (Wildman–Crippen LogP) is 3.23. The normalized spacial score (nSPS) is 21.6. The molecule has 2 rings (SSSR count). The van der Waals surface area contributed by atoms with Gasteiger partial charge in [-0.15, -0.1) is 0 Å². The zero-order valence-electron chi connectivity index (χ0n) is 10.3. The van der Waals surface area contributed by atoms with Crippen LogP contribution < -0.4 is 4.74 Å². The summed E-state index contributed by atoms with van der Waals surface area (Å²) in [6.45, 7) is 6.26. The highest BCUT2D eigenvalue weighted by molar-refractivity contribution is 6.00. The Labute approximate surface area is 96.6 Å². The molecule has 1 unspecified atom stereocenters. The van der Waals surface area contributed by atoms with E-state index in [9.17, 15) is 4.79 Å². The summed E-state index contributed by atoms with van der Waals surface area (Å²) in [7, 11) is 1.65. The average molecular weight is 218 g/mol. The Balaban J connectivity index is 2.22. The maximum absolute atomic E-state index is 12.1. The number of carbonyl (C=O) groups is 1. The van der Waals surface area contributed by atoms with Gasteiger partial charge in [0.15, 0.2) is 5.78 Å². The largest absolute Gasteiger partial charge is 0.496 e. The first-order valence-electron chi connectivity index (χ1n) is 5.64. The number of ketones is 1. The second-order valence-electron chi connectivity index (χ2n) is 5.29. The van der Waals surface area contributed by atoms with Gasteiger partial charge in [-0.1, -0.05) is 13.8 Å². The van der Waals surface area contributed by atoms with Crippen molar-refractivity contribution in [2.45, 2.75) is 27.2 Å². The van der Waals surface area contributed by atoms with Crippen molar-refractivity contribution in [1.82, 2.24) is 0 Å². The van der Waals surface area contributed by atoms with Crippen molar-refractivity contribution < 1.29 is 9.53 Å². The molecular formula is C14H18O2. The molecular weight excluding hydrogens is 200 g/mol. The van der Waals surface area contributed by atoms with Crippen LogP contribution in [0, 0.1) is 18.3 Å². The fourth-order valence-electron chi connectivity index (χ4n) is 2.15. The van der Waals surface area contributed by atoms with E-state index in [0.717, 1.165) is 23.3 Å². The molecule has 1 fully saturated rings. The van der Waals surface area contributed by atoms with Crippen molar-refractivity contribution in [3.63, 3.8) is 0 Å². The molecule has 0 bridgehead atoms. The number of hydrogen-bond acceptors (Lipinski definition) is 2. The first kappa shape index (κ1) is 11.2. The van der Waals surface area contributed by atoms with E-state index in [1.807, 2.05) is 25.1 Å². The number of aryl methyl sites for hydroxylation is 1. The van der Waals surface area contributed by atoms with Gasteiger partial charge in [0, 0.05) is 11.5 Å². The van der Waals surface area contributed by atoms with Gasteiger partial charge in [0.05, 0.1) is 7.11 Å². The van der Waals surface area contributed by atoms with Gasteiger partial charge in [-0.05, 0) is 42.5 Å². The van der Waals surface area contributed by atoms with Crippen molar-refractivity contribution in [3.8, 4) is 5.75 Å². The molecule has 0 saturated heterocycles. The molecule has 1 aromatic carbocycles. The van der Waals surface area contributed by atoms with Crippen molar-refractivity contribution >= 4 is 5.78 Å². The lowest BCUT2D eigenvalue weighted by molar-refractivity contribution is 0.0953. The highest BCUT2D eigenvalue weighted by Crippen LogP contribution is 2.53. The SMILES string of the molecule is COc1ccc(C(=O)C2CC2(C)C)cc1C. The van der Waals surface area contributed by atoms with Gasteiger partial charge in [0.2, 0.25) is 0 Å². The van der Waals surface area contributed by atoms with E-state index in [0.29, 0.717) is 0 Å². The van der Waals surface area contributed by atoms with Crippen molar-refractivity contribution in [2.24, 2.45) is 11.3 Å². The van der Waals surface area contributed by atoms with E-state index in [-0.39, 0.29) is 17.1 Å². The van der Waals surface area contributed by atoms with Crippen LogP contribution in [0.25, 0.3) is 0 Å². The fraction of sp³-hybridized carbons (Fsp3) is 0.500. The van der Waals surface area contributed by atoms with Crippen molar-refractivity contribution in [3.05, 3.63) is 29.3 Å². The summed E-state index contributed by atoms with van der Waals surface area (Å²) in [6.07, 6.45) is 1.01. The Morgan fingerprint density at radius 3 is 2.50 bits per heavy atom. The molecule has 1 atom stereocenters. The maximum Gasteiger partial charge on any atom is 0.166 e. The lowest BCUT2D eigenvalue weighted by atomic mass is 10.00. The minimum Gasteiger partial charge on any atom is -0.496 e. The Kier molecular flexibility index (Phi) is 2.53. The molecule has 2 nitrogen and oxygen atoms in total. The third-order valence-corrected chi connectivity index (χ3v) is 3.51. The van der Waals surface area contributed by atoms with Gasteiger partial charge in [0.1, 0.15) is 5.75 Å². The summed E-state index contributed by atoms with van der Waals surface area (Å²) >= 11 is 0. The topological polar surface area (TPSA) is 26.3 Å². The van der Waals surface area contributed by atoms with Crippen LogP contribution in [-0.4, -0.2) is 12.9 Å². The minimum atomic E-state index is 0.199. The lowest BCUT2D eigenvalue weighted by Crippen LogP contribution is -2.06. The van der Waals surface area contributed by atoms with Crippen molar-refractivity contribution in [2.75, 3.05) is 7.11 Å². The van der Waals surface area contributed by atoms with E-state index in [4.69, 9.17) is 4.74 Å². The third-order valence-electron chi connectivity index (χ3n) is 3.51. The van der Waals surface area contributed by atoms with Crippen LogP contribution in [0.4, 0.5) is 0 Å². The Bertz CT molecular complexity index is 432. The second-order valence-corrected chi connectivity index (χ2v) is 5.29. The number of Topliss-reactive ketones (excluding diaryl/α,β-unsaturated/α-hetero) is 1. The van der Waals surface area contributed by atoms with Gasteiger partial charge in [-0.2, -0.15) is 0 Å². The summed E-state index contributed by atoms with van der Waals surface area (Å²) in [5, 5.41) is 0. The van der Waals surface area contributed by atoms with Crippen LogP contribution in [0.1, 0.15) is 36.2 Å². The maximum atomic E-state index is 12.1. The molecule has 2 heteroatoms. The molecule has 1 aliphatic rings. The summed E-state index contributed by atoms with van der Waals surface area (Å²) in [4.78, 5) is 12.1. The first-order chi connectivity index (χ1) is 7.45. The van der Waals surface area contributed by atoms with Crippen LogP contribution in [0.15, 0.2) is 18.2 Å². The van der Waals surface area contributed by atoms with Gasteiger partial charge < -0.3 is 4.74 Å². The zero-order chi connectivity index (χ0) is 11.9. The molecule has 0 amide bonds. The average Bonchev–Trinajstić information content (AvgIpc) is 2.86. The Morgan fingerprint density at radius 1 is 1.44 bits per heavy atom. The van der Waals surface area contributed by atoms with Crippen LogP contribution in [0.2, 0.25) is 0 Å². The Hall–Kier alpha value is -1.31. The number of carbonyl (C=O) groups excluding carboxylic acids is 1. The van der Waals surface area contributed by atoms with Crippen LogP contribution in [0.5, 0.6) is 5.75 Å². The number of benzene rings is 1. The molecule has 0 aliphatic heterocycles. The third kappa shape index (κ3) is 1.84. The number of methoxy groups -OCH3 is 1. The molecule has 1 aliphatic carbocycles. The number of rotatable bonds is 3. The molecule has 86 valence electrons. The molecule has 0 N–H and O–H groups in total. The van der Waals surface area contributed by atoms with E-state index < -0.39 is 0 Å². The van der Waals surface area contributed by atoms with Crippen molar-refractivity contribution in [1.29, 1.82) is 0 Å². The highest BCUT2D eigenvalue weighted by atomic mass is 16.5. The lowest BCUT2D eigenvalue weighted by Gasteiger charge is -2.07. The molecule has 0 radical (unpaired) electrons. The molecule has 0 heterocycles. The molecule has 0 aromatic heterocycles. The molecule has 1 aromatic rings. The predicted molar refractivity (Wildman–Crippen MR) is 63.9 cm³/mol. The van der Waals surface area contributed by atoms with E-state index in [1.54, 1.807) is 7.11 Å². The summed E-state index contributed by atoms with van der Waals surface area (Å²) in [5.41, 5.74) is 2.03. The monoisotopic (exact) mass is 218 g/mol. The second kappa shape index (κ2) is 3.62. The quantitative estimate of drug-likeness (QED) is 0.728. The van der Waals surface area contributed by atoms with Gasteiger partial charge in [0.25, 0.3) is 0 Å². The van der Waals surface area contributed by atoms with Gasteiger partial charge in [-0.25, -0.2) is 0 Å². The fourth-order valence-corrected chi connectivity index (χ4v) is 2.15. The van der Waals surface area contributed by atoms with Gasteiger partial charge in [-0.3, -0.25) is 4.79 Å². The van der Waals surface area contributed by atoms with Crippen LogP contribution in [0.3, 0.4) is 0 Å². The highest BCUT2D eigenvalue weighted by Gasteiger charge is 2.50. The molecule has 1 saturated carbocycles. The smallest absolute Gasteiger partial charge is 0.166 e. The van der Waals surface area contributed by atoms with Gasteiger partial charge >= 0.3 is 0 Å². The summed E-state index contributed by atoms with van der Waals surface area (Å²) < 4.78 is 5.19. The van der Waals surface area contributed by atoms with E-state index in [2.05, 4.69) is 13.8 Å². The van der Waals surface area contributed by atoms with Crippen LogP contribution in [-0.2, 0) is 0 Å².